The maximum atomic E-state index is 14.3. The van der Waals surface area contributed by atoms with E-state index in [1.807, 2.05) is 0 Å². The van der Waals surface area contributed by atoms with E-state index in [9.17, 15) is 23.9 Å². The van der Waals surface area contributed by atoms with Gasteiger partial charge in [-0.05, 0) is 89.1 Å². The van der Waals surface area contributed by atoms with Gasteiger partial charge in [0.1, 0.15) is 5.82 Å². The molecule has 8 heteroatoms. The summed E-state index contributed by atoms with van der Waals surface area (Å²) in [6.07, 6.45) is 4.19. The highest BCUT2D eigenvalue weighted by Gasteiger charge is 2.35. The van der Waals surface area contributed by atoms with Gasteiger partial charge in [0, 0.05) is 0 Å². The van der Waals surface area contributed by atoms with Crippen molar-refractivity contribution in [2.45, 2.75) is 38.5 Å². The van der Waals surface area contributed by atoms with Crippen LogP contribution in [0.2, 0.25) is 0 Å². The molecule has 0 spiro atoms. The molecule has 1 aromatic carbocycles. The number of ether oxygens (including phenoxy) is 2. The molecule has 1 atom stereocenters. The van der Waals surface area contributed by atoms with E-state index in [-0.39, 0.29) is 11.5 Å². The molecule has 156 valence electrons. The summed E-state index contributed by atoms with van der Waals surface area (Å²) < 4.78 is 24.3. The Balaban J connectivity index is 1.82. The van der Waals surface area contributed by atoms with Crippen molar-refractivity contribution in [3.05, 3.63) is 38.6 Å². The summed E-state index contributed by atoms with van der Waals surface area (Å²) in [6, 6.07) is 1.08. The standard InChI is InChI=1S/C21H22BrFO6/c22-20-18(23)9-17(21(26)27)16-8-14-7-13(1-2-15(14)19(16)20)12(3-5-28-10-24)4-6-29-11-25/h9-13H,1-8H2,(H,26,27). The number of hydrogen-bond donors (Lipinski definition) is 1. The highest BCUT2D eigenvalue weighted by atomic mass is 79.9. The third-order valence-corrected chi connectivity index (χ3v) is 6.74. The van der Waals surface area contributed by atoms with Gasteiger partial charge in [-0.15, -0.1) is 0 Å². The van der Waals surface area contributed by atoms with Gasteiger partial charge in [-0.2, -0.15) is 0 Å². The second kappa shape index (κ2) is 9.52. The smallest absolute Gasteiger partial charge is 0.336 e. The van der Waals surface area contributed by atoms with Crippen LogP contribution >= 0.6 is 15.9 Å². The van der Waals surface area contributed by atoms with Crippen LogP contribution in [0.5, 0.6) is 0 Å². The number of fused-ring (bicyclic) bond motifs is 2. The summed E-state index contributed by atoms with van der Waals surface area (Å²) in [4.78, 5) is 32.5. The molecule has 6 nitrogen and oxygen atoms in total. The minimum atomic E-state index is -1.13. The predicted octanol–water partition coefficient (Wildman–Crippen LogP) is 4.14. The number of carboxylic acids is 1. The second-order valence-electron chi connectivity index (χ2n) is 7.41. The Labute approximate surface area is 176 Å². The molecule has 1 aromatic rings. The number of halogens is 2. The van der Waals surface area contributed by atoms with Crippen LogP contribution in [-0.2, 0) is 25.5 Å². The minimum absolute atomic E-state index is 0.0157. The van der Waals surface area contributed by atoms with Crippen molar-refractivity contribution in [3.63, 3.8) is 0 Å². The SMILES string of the molecule is O=COCCC(CCOC=O)C1CCC2=C(Cc3c(C(=O)O)cc(F)c(Br)c32)C1. The maximum absolute atomic E-state index is 14.3. The van der Waals surface area contributed by atoms with Gasteiger partial charge in [-0.1, -0.05) is 5.57 Å². The van der Waals surface area contributed by atoms with Gasteiger partial charge in [0.2, 0.25) is 0 Å². The van der Waals surface area contributed by atoms with Crippen LogP contribution in [-0.4, -0.2) is 37.2 Å². The molecule has 0 radical (unpaired) electrons. The van der Waals surface area contributed by atoms with E-state index in [2.05, 4.69) is 15.9 Å². The Kier molecular flexibility index (Phi) is 7.05. The molecule has 0 saturated carbocycles. The summed E-state index contributed by atoms with van der Waals surface area (Å²) in [7, 11) is 0. The first-order valence-electron chi connectivity index (χ1n) is 9.53. The van der Waals surface area contributed by atoms with Crippen molar-refractivity contribution in [1.82, 2.24) is 0 Å². The molecule has 0 aliphatic heterocycles. The molecule has 29 heavy (non-hydrogen) atoms. The summed E-state index contributed by atoms with van der Waals surface area (Å²) in [5.74, 6) is -1.19. The fourth-order valence-corrected chi connectivity index (χ4v) is 5.24. The van der Waals surface area contributed by atoms with Crippen LogP contribution in [0.15, 0.2) is 16.1 Å². The van der Waals surface area contributed by atoms with E-state index in [1.165, 1.54) is 0 Å². The number of benzene rings is 1. The minimum Gasteiger partial charge on any atom is -0.478 e. The topological polar surface area (TPSA) is 89.9 Å². The first-order valence-corrected chi connectivity index (χ1v) is 10.3. The van der Waals surface area contributed by atoms with Crippen LogP contribution in [0.3, 0.4) is 0 Å². The van der Waals surface area contributed by atoms with Crippen LogP contribution in [0.25, 0.3) is 5.57 Å². The zero-order valence-electron chi connectivity index (χ0n) is 15.8. The summed E-state index contributed by atoms with van der Waals surface area (Å²) in [6.45, 7) is 1.46. The van der Waals surface area contributed by atoms with Gasteiger partial charge in [-0.25, -0.2) is 9.18 Å². The van der Waals surface area contributed by atoms with Crippen molar-refractivity contribution < 1.29 is 33.4 Å². The fraction of sp³-hybridized carbons (Fsp3) is 0.476. The lowest BCUT2D eigenvalue weighted by Gasteiger charge is -2.31. The van der Waals surface area contributed by atoms with Crippen molar-refractivity contribution in [2.75, 3.05) is 13.2 Å². The van der Waals surface area contributed by atoms with Gasteiger partial charge < -0.3 is 14.6 Å². The Morgan fingerprint density at radius 1 is 1.28 bits per heavy atom. The lowest BCUT2D eigenvalue weighted by atomic mass is 9.75. The van der Waals surface area contributed by atoms with Crippen LogP contribution in [0.1, 0.15) is 53.6 Å². The second-order valence-corrected chi connectivity index (χ2v) is 8.20. The van der Waals surface area contributed by atoms with Crippen LogP contribution < -0.4 is 0 Å². The summed E-state index contributed by atoms with van der Waals surface area (Å²) >= 11 is 3.30. The highest BCUT2D eigenvalue weighted by Crippen LogP contribution is 2.49. The van der Waals surface area contributed by atoms with Crippen molar-refractivity contribution >= 4 is 40.4 Å². The van der Waals surface area contributed by atoms with Gasteiger partial charge in [0.25, 0.3) is 12.9 Å². The number of rotatable bonds is 10. The molecular weight excluding hydrogens is 447 g/mol. The van der Waals surface area contributed by atoms with E-state index < -0.39 is 11.8 Å². The Morgan fingerprint density at radius 3 is 2.52 bits per heavy atom. The monoisotopic (exact) mass is 468 g/mol. The first kappa shape index (κ1) is 21.5. The molecule has 0 aromatic heterocycles. The number of allylic oxidation sites excluding steroid dienone is 2. The van der Waals surface area contributed by atoms with Gasteiger partial charge in [-0.3, -0.25) is 9.59 Å². The molecule has 0 fully saturated rings. The number of carboxylic acid groups (broad SMARTS) is 1. The average molecular weight is 469 g/mol. The zero-order chi connectivity index (χ0) is 21.0. The lowest BCUT2D eigenvalue weighted by molar-refractivity contribution is -0.129. The number of aromatic carboxylic acids is 1. The number of carbonyl (C=O) groups is 3. The molecule has 0 amide bonds. The van der Waals surface area contributed by atoms with Gasteiger partial charge in [0.15, 0.2) is 0 Å². The van der Waals surface area contributed by atoms with Crippen LogP contribution in [0.4, 0.5) is 4.39 Å². The summed E-state index contributed by atoms with van der Waals surface area (Å²) in [5.41, 5.74) is 3.56. The highest BCUT2D eigenvalue weighted by molar-refractivity contribution is 9.10. The predicted molar refractivity (Wildman–Crippen MR) is 106 cm³/mol. The van der Waals surface area contributed by atoms with E-state index in [0.29, 0.717) is 66.9 Å². The molecule has 1 unspecified atom stereocenters. The number of carbonyl (C=O) groups excluding carboxylic acids is 2. The lowest BCUT2D eigenvalue weighted by Crippen LogP contribution is -2.22. The molecule has 3 rings (SSSR count). The average Bonchev–Trinajstić information content (AvgIpc) is 3.08. The fourth-order valence-electron chi connectivity index (χ4n) is 4.65. The zero-order valence-corrected chi connectivity index (χ0v) is 17.4. The van der Waals surface area contributed by atoms with E-state index in [0.717, 1.165) is 36.5 Å². The summed E-state index contributed by atoms with van der Waals surface area (Å²) in [5, 5.41) is 9.49. The Hall–Kier alpha value is -2.22. The molecule has 0 saturated heterocycles. The van der Waals surface area contributed by atoms with E-state index in [4.69, 9.17) is 9.47 Å². The maximum Gasteiger partial charge on any atom is 0.336 e. The van der Waals surface area contributed by atoms with Gasteiger partial charge in [0.05, 0.1) is 23.2 Å². The molecule has 1 N–H and O–H groups in total. The van der Waals surface area contributed by atoms with Crippen molar-refractivity contribution in [3.8, 4) is 0 Å². The molecule has 2 aliphatic carbocycles. The molecular formula is C21H22BrFO6. The Morgan fingerprint density at radius 2 is 1.93 bits per heavy atom. The third kappa shape index (κ3) is 4.52. The quantitative estimate of drug-likeness (QED) is 0.409. The van der Waals surface area contributed by atoms with Gasteiger partial charge >= 0.3 is 5.97 Å². The van der Waals surface area contributed by atoms with Crippen molar-refractivity contribution in [2.24, 2.45) is 11.8 Å². The van der Waals surface area contributed by atoms with Crippen LogP contribution in [0, 0.1) is 17.7 Å². The third-order valence-electron chi connectivity index (χ3n) is 5.97. The first-order chi connectivity index (χ1) is 14.0. The number of hydrogen-bond acceptors (Lipinski definition) is 5. The normalized spacial score (nSPS) is 17.7. The van der Waals surface area contributed by atoms with Crippen molar-refractivity contribution in [1.29, 1.82) is 0 Å². The largest absolute Gasteiger partial charge is 0.478 e. The molecule has 0 bridgehead atoms. The molecule has 2 aliphatic rings. The van der Waals surface area contributed by atoms with E-state index >= 15 is 0 Å². The Bertz CT molecular complexity index is 836. The van der Waals surface area contributed by atoms with E-state index in [1.54, 1.807) is 0 Å². The molecule has 0 heterocycles.